The smallest absolute Gasteiger partial charge is 0.234 e. The summed E-state index contributed by atoms with van der Waals surface area (Å²) in [6.45, 7) is 3.86. The maximum absolute atomic E-state index is 12.3. The largest absolute Gasteiger partial charge is 0.395 e. The number of hydrogen-bond acceptors (Lipinski definition) is 4. The standard InChI is InChI=1S/C20H29N3O3/c24-12-11-23-16-20(9-7-19(23)26)8-4-10-22(15-20)14-18(25)21-13-17-5-2-1-3-6-17/h1-3,5-6,24H,4,7-16H2,(H,21,25). The van der Waals surface area contributed by atoms with Gasteiger partial charge in [-0.3, -0.25) is 14.5 Å². The first-order chi connectivity index (χ1) is 12.6. The molecular formula is C20H29N3O3. The van der Waals surface area contributed by atoms with Gasteiger partial charge in [-0.25, -0.2) is 0 Å². The molecule has 26 heavy (non-hydrogen) atoms. The fourth-order valence-corrected chi connectivity index (χ4v) is 4.26. The van der Waals surface area contributed by atoms with Gasteiger partial charge >= 0.3 is 0 Å². The Balaban J connectivity index is 1.51. The molecule has 2 amide bonds. The molecule has 0 radical (unpaired) electrons. The molecule has 0 aliphatic carbocycles. The van der Waals surface area contributed by atoms with Crippen LogP contribution in [0.3, 0.4) is 0 Å². The van der Waals surface area contributed by atoms with Gasteiger partial charge in [0, 0.05) is 38.0 Å². The van der Waals surface area contributed by atoms with E-state index in [1.807, 2.05) is 30.3 Å². The zero-order valence-corrected chi connectivity index (χ0v) is 15.3. The summed E-state index contributed by atoms with van der Waals surface area (Å²) in [5.74, 6) is 0.187. The van der Waals surface area contributed by atoms with Gasteiger partial charge in [-0.1, -0.05) is 30.3 Å². The Morgan fingerprint density at radius 3 is 2.77 bits per heavy atom. The van der Waals surface area contributed by atoms with Crippen LogP contribution in [-0.2, 0) is 16.1 Å². The highest BCUT2D eigenvalue weighted by atomic mass is 16.3. The molecule has 0 bridgehead atoms. The van der Waals surface area contributed by atoms with Crippen molar-refractivity contribution in [3.05, 3.63) is 35.9 Å². The third-order valence-corrected chi connectivity index (χ3v) is 5.56. The number of carbonyl (C=O) groups excluding carboxylic acids is 2. The third kappa shape index (κ3) is 4.83. The molecule has 1 aromatic rings. The van der Waals surface area contributed by atoms with Crippen LogP contribution in [0.15, 0.2) is 30.3 Å². The molecule has 142 valence electrons. The van der Waals surface area contributed by atoms with Crippen LogP contribution in [0, 0.1) is 5.41 Å². The molecular weight excluding hydrogens is 330 g/mol. The zero-order valence-electron chi connectivity index (χ0n) is 15.3. The molecule has 0 aromatic heterocycles. The maximum Gasteiger partial charge on any atom is 0.234 e. The normalized spacial score (nSPS) is 24.0. The number of aliphatic hydroxyl groups excluding tert-OH is 1. The topological polar surface area (TPSA) is 72.9 Å². The highest BCUT2D eigenvalue weighted by Gasteiger charge is 2.41. The summed E-state index contributed by atoms with van der Waals surface area (Å²) in [4.78, 5) is 28.4. The van der Waals surface area contributed by atoms with Gasteiger partial charge in [0.15, 0.2) is 0 Å². The lowest BCUT2D eigenvalue weighted by Crippen LogP contribution is -2.55. The summed E-state index contributed by atoms with van der Waals surface area (Å²) in [5, 5.41) is 12.2. The average Bonchev–Trinajstić information content (AvgIpc) is 2.65. The Bertz CT molecular complexity index is 622. The predicted octanol–water partition coefficient (Wildman–Crippen LogP) is 1.000. The summed E-state index contributed by atoms with van der Waals surface area (Å²) < 4.78 is 0. The average molecular weight is 359 g/mol. The number of β-amino-alcohol motifs (C(OH)–C–C–N with tert-alkyl or cyclic N) is 1. The number of nitrogens with zero attached hydrogens (tertiary/aromatic N) is 2. The first-order valence-corrected chi connectivity index (χ1v) is 9.52. The van der Waals surface area contributed by atoms with E-state index < -0.39 is 0 Å². The number of likely N-dealkylation sites (tertiary alicyclic amines) is 2. The van der Waals surface area contributed by atoms with Crippen LogP contribution < -0.4 is 5.32 Å². The minimum absolute atomic E-state index is 0.00737. The summed E-state index contributed by atoms with van der Waals surface area (Å²) in [7, 11) is 0. The molecule has 1 unspecified atom stereocenters. The lowest BCUT2D eigenvalue weighted by atomic mass is 9.73. The molecule has 2 saturated heterocycles. The Morgan fingerprint density at radius 1 is 1.19 bits per heavy atom. The van der Waals surface area contributed by atoms with Crippen molar-refractivity contribution in [2.75, 3.05) is 39.3 Å². The van der Waals surface area contributed by atoms with Gasteiger partial charge in [0.2, 0.25) is 11.8 Å². The van der Waals surface area contributed by atoms with Gasteiger partial charge in [-0.05, 0) is 31.4 Å². The van der Waals surface area contributed by atoms with Crippen LogP contribution >= 0.6 is 0 Å². The fourth-order valence-electron chi connectivity index (χ4n) is 4.26. The van der Waals surface area contributed by atoms with E-state index in [0.29, 0.717) is 32.6 Å². The number of piperidine rings is 2. The van der Waals surface area contributed by atoms with E-state index in [-0.39, 0.29) is 23.8 Å². The summed E-state index contributed by atoms with van der Waals surface area (Å²) in [6.07, 6.45) is 3.57. The van der Waals surface area contributed by atoms with E-state index in [4.69, 9.17) is 0 Å². The second-order valence-electron chi connectivity index (χ2n) is 7.62. The number of hydrogen-bond donors (Lipinski definition) is 2. The Labute approximate surface area is 155 Å². The van der Waals surface area contributed by atoms with E-state index >= 15 is 0 Å². The van der Waals surface area contributed by atoms with Crippen LogP contribution in [-0.4, -0.2) is 66.1 Å². The van der Waals surface area contributed by atoms with Crippen molar-refractivity contribution >= 4 is 11.8 Å². The lowest BCUT2D eigenvalue weighted by molar-refractivity contribution is -0.140. The SMILES string of the molecule is O=C(CN1CCCC2(CCC(=O)N(CCO)C2)C1)NCc1ccccc1. The number of carbonyl (C=O) groups is 2. The second-order valence-corrected chi connectivity index (χ2v) is 7.62. The van der Waals surface area contributed by atoms with Gasteiger partial charge in [0.05, 0.1) is 13.2 Å². The summed E-state index contributed by atoms with van der Waals surface area (Å²) in [5.41, 5.74) is 1.17. The maximum atomic E-state index is 12.3. The monoisotopic (exact) mass is 359 g/mol. The molecule has 6 nitrogen and oxygen atoms in total. The van der Waals surface area contributed by atoms with Crippen LogP contribution in [0.5, 0.6) is 0 Å². The molecule has 2 fully saturated rings. The zero-order chi connectivity index (χ0) is 18.4. The molecule has 1 spiro atoms. The number of aliphatic hydroxyl groups is 1. The Kier molecular flexibility index (Phi) is 6.27. The highest BCUT2D eigenvalue weighted by Crippen LogP contribution is 2.38. The number of benzene rings is 1. The number of rotatable bonds is 6. The predicted molar refractivity (Wildman–Crippen MR) is 99.3 cm³/mol. The van der Waals surface area contributed by atoms with E-state index in [1.54, 1.807) is 4.90 Å². The van der Waals surface area contributed by atoms with Crippen LogP contribution in [0.1, 0.15) is 31.2 Å². The number of amides is 2. The van der Waals surface area contributed by atoms with Crippen LogP contribution in [0.25, 0.3) is 0 Å². The van der Waals surface area contributed by atoms with E-state index in [1.165, 1.54) is 0 Å². The van der Waals surface area contributed by atoms with E-state index in [0.717, 1.165) is 37.9 Å². The molecule has 2 heterocycles. The van der Waals surface area contributed by atoms with E-state index in [2.05, 4.69) is 10.2 Å². The minimum atomic E-state index is 0.00737. The quantitative estimate of drug-likeness (QED) is 0.795. The van der Waals surface area contributed by atoms with Gasteiger partial charge in [-0.2, -0.15) is 0 Å². The van der Waals surface area contributed by atoms with Gasteiger partial charge in [0.25, 0.3) is 0 Å². The number of nitrogens with one attached hydrogen (secondary N) is 1. The van der Waals surface area contributed by atoms with Crippen molar-refractivity contribution in [3.63, 3.8) is 0 Å². The molecule has 2 N–H and O–H groups in total. The molecule has 1 aromatic carbocycles. The molecule has 2 aliphatic rings. The molecule has 1 atom stereocenters. The van der Waals surface area contributed by atoms with Crippen molar-refractivity contribution in [2.24, 2.45) is 5.41 Å². The molecule has 2 aliphatic heterocycles. The Hall–Kier alpha value is -1.92. The van der Waals surface area contributed by atoms with Crippen LogP contribution in [0.4, 0.5) is 0 Å². The first-order valence-electron chi connectivity index (χ1n) is 9.52. The van der Waals surface area contributed by atoms with Crippen molar-refractivity contribution in [3.8, 4) is 0 Å². The molecule has 6 heteroatoms. The highest BCUT2D eigenvalue weighted by molar-refractivity contribution is 5.78. The first kappa shape index (κ1) is 18.9. The fraction of sp³-hybridized carbons (Fsp3) is 0.600. The van der Waals surface area contributed by atoms with Gasteiger partial charge in [-0.15, -0.1) is 0 Å². The van der Waals surface area contributed by atoms with Gasteiger partial charge < -0.3 is 15.3 Å². The van der Waals surface area contributed by atoms with Gasteiger partial charge in [0.1, 0.15) is 0 Å². The van der Waals surface area contributed by atoms with Crippen LogP contribution in [0.2, 0.25) is 0 Å². The van der Waals surface area contributed by atoms with Crippen molar-refractivity contribution in [1.82, 2.24) is 15.1 Å². The Morgan fingerprint density at radius 2 is 2.00 bits per heavy atom. The minimum Gasteiger partial charge on any atom is -0.395 e. The summed E-state index contributed by atoms with van der Waals surface area (Å²) >= 11 is 0. The van der Waals surface area contributed by atoms with Crippen molar-refractivity contribution < 1.29 is 14.7 Å². The molecule has 3 rings (SSSR count). The lowest BCUT2D eigenvalue weighted by Gasteiger charge is -2.48. The second kappa shape index (κ2) is 8.64. The van der Waals surface area contributed by atoms with Crippen molar-refractivity contribution in [2.45, 2.75) is 32.2 Å². The molecule has 0 saturated carbocycles. The third-order valence-electron chi connectivity index (χ3n) is 5.56. The summed E-state index contributed by atoms with van der Waals surface area (Å²) in [6, 6.07) is 9.92. The van der Waals surface area contributed by atoms with Crippen molar-refractivity contribution in [1.29, 1.82) is 0 Å². The van der Waals surface area contributed by atoms with E-state index in [9.17, 15) is 14.7 Å².